The monoisotopic (exact) mass is 474 g/mol. The highest BCUT2D eigenvalue weighted by Crippen LogP contribution is 2.40. The SMILES string of the molecule is COc1ccnc(Nc2nc(-c3nccn3C)nn3cc(-c4cccnc4)c(-c4ccccc4)c23)c1. The van der Waals surface area contributed by atoms with Gasteiger partial charge < -0.3 is 14.6 Å². The van der Waals surface area contributed by atoms with Crippen LogP contribution in [-0.2, 0) is 7.05 Å². The number of ether oxygens (including phenoxy) is 1. The third-order valence-electron chi connectivity index (χ3n) is 5.90. The molecule has 9 heteroatoms. The number of anilines is 2. The minimum Gasteiger partial charge on any atom is -0.497 e. The number of aryl methyl sites for hydroxylation is 1. The molecular formula is C27H22N8O. The Morgan fingerprint density at radius 2 is 1.78 bits per heavy atom. The molecule has 6 aromatic rings. The number of imidazole rings is 1. The van der Waals surface area contributed by atoms with Crippen molar-refractivity contribution in [3.8, 4) is 39.7 Å². The van der Waals surface area contributed by atoms with Crippen LogP contribution in [0.3, 0.4) is 0 Å². The Balaban J connectivity index is 1.66. The van der Waals surface area contributed by atoms with Crippen LogP contribution < -0.4 is 10.1 Å². The zero-order chi connectivity index (χ0) is 24.5. The smallest absolute Gasteiger partial charge is 0.218 e. The van der Waals surface area contributed by atoms with E-state index >= 15 is 0 Å². The molecule has 0 saturated heterocycles. The summed E-state index contributed by atoms with van der Waals surface area (Å²) in [6.07, 6.45) is 10.9. The predicted octanol–water partition coefficient (Wildman–Crippen LogP) is 5.01. The number of rotatable bonds is 6. The molecule has 0 aliphatic rings. The van der Waals surface area contributed by atoms with Gasteiger partial charge in [0.05, 0.1) is 7.11 Å². The van der Waals surface area contributed by atoms with Gasteiger partial charge in [-0.3, -0.25) is 4.98 Å². The van der Waals surface area contributed by atoms with Crippen molar-refractivity contribution in [3.63, 3.8) is 0 Å². The van der Waals surface area contributed by atoms with E-state index in [1.54, 1.807) is 31.8 Å². The van der Waals surface area contributed by atoms with Crippen LogP contribution in [0.2, 0.25) is 0 Å². The van der Waals surface area contributed by atoms with Crippen molar-refractivity contribution in [2.45, 2.75) is 0 Å². The number of hydrogen-bond acceptors (Lipinski definition) is 7. The van der Waals surface area contributed by atoms with Gasteiger partial charge in [-0.25, -0.2) is 19.5 Å². The van der Waals surface area contributed by atoms with Gasteiger partial charge in [0, 0.05) is 67.0 Å². The summed E-state index contributed by atoms with van der Waals surface area (Å²) in [6.45, 7) is 0. The number of benzene rings is 1. The zero-order valence-electron chi connectivity index (χ0n) is 19.7. The maximum absolute atomic E-state index is 5.40. The van der Waals surface area contributed by atoms with E-state index in [2.05, 4.69) is 32.4 Å². The topological polar surface area (TPSA) is 95.0 Å². The summed E-state index contributed by atoms with van der Waals surface area (Å²) < 4.78 is 9.13. The van der Waals surface area contributed by atoms with Crippen LogP contribution in [0.15, 0.2) is 91.8 Å². The molecule has 5 heterocycles. The zero-order valence-corrected chi connectivity index (χ0v) is 19.7. The van der Waals surface area contributed by atoms with E-state index in [-0.39, 0.29) is 0 Å². The molecule has 0 amide bonds. The number of hydrogen-bond donors (Lipinski definition) is 1. The van der Waals surface area contributed by atoms with Gasteiger partial charge in [0.2, 0.25) is 5.82 Å². The fourth-order valence-corrected chi connectivity index (χ4v) is 4.21. The van der Waals surface area contributed by atoms with Gasteiger partial charge in [0.1, 0.15) is 17.1 Å². The quantitative estimate of drug-likeness (QED) is 0.363. The first kappa shape index (κ1) is 21.5. The van der Waals surface area contributed by atoms with Crippen LogP contribution in [0.4, 0.5) is 11.6 Å². The van der Waals surface area contributed by atoms with Gasteiger partial charge in [-0.15, -0.1) is 5.10 Å². The van der Waals surface area contributed by atoms with Gasteiger partial charge in [0.15, 0.2) is 11.6 Å². The van der Waals surface area contributed by atoms with Crippen molar-refractivity contribution in [1.82, 2.24) is 34.1 Å². The lowest BCUT2D eigenvalue weighted by Crippen LogP contribution is -2.06. The Morgan fingerprint density at radius 3 is 2.53 bits per heavy atom. The number of pyridine rings is 2. The van der Waals surface area contributed by atoms with Gasteiger partial charge >= 0.3 is 0 Å². The van der Waals surface area contributed by atoms with Crippen LogP contribution in [-0.4, -0.2) is 41.2 Å². The van der Waals surface area contributed by atoms with Gasteiger partial charge in [-0.05, 0) is 17.7 Å². The van der Waals surface area contributed by atoms with E-state index < -0.39 is 0 Å². The molecule has 9 nitrogen and oxygen atoms in total. The Labute approximate surface area is 207 Å². The lowest BCUT2D eigenvalue weighted by atomic mass is 9.98. The molecule has 6 rings (SSSR count). The van der Waals surface area contributed by atoms with Crippen molar-refractivity contribution in [2.24, 2.45) is 7.05 Å². The molecule has 0 unspecified atom stereocenters. The maximum atomic E-state index is 5.40. The summed E-state index contributed by atoms with van der Waals surface area (Å²) in [4.78, 5) is 18.2. The minimum absolute atomic E-state index is 0.479. The van der Waals surface area contributed by atoms with Crippen molar-refractivity contribution >= 4 is 17.2 Å². The van der Waals surface area contributed by atoms with Gasteiger partial charge in [0.25, 0.3) is 0 Å². The van der Waals surface area contributed by atoms with Gasteiger partial charge in [-0.2, -0.15) is 0 Å². The largest absolute Gasteiger partial charge is 0.497 e. The maximum Gasteiger partial charge on any atom is 0.218 e. The van der Waals surface area contributed by atoms with E-state index in [1.165, 1.54) is 0 Å². The fraction of sp³-hybridized carbons (Fsp3) is 0.0741. The van der Waals surface area contributed by atoms with E-state index in [4.69, 9.17) is 14.8 Å². The first-order valence-corrected chi connectivity index (χ1v) is 11.4. The highest BCUT2D eigenvalue weighted by molar-refractivity contribution is 5.99. The number of fused-ring (bicyclic) bond motifs is 1. The molecule has 0 saturated carbocycles. The summed E-state index contributed by atoms with van der Waals surface area (Å²) in [5, 5.41) is 8.27. The molecule has 0 aliphatic carbocycles. The molecule has 0 atom stereocenters. The first-order chi connectivity index (χ1) is 17.7. The van der Waals surface area contributed by atoms with Crippen molar-refractivity contribution < 1.29 is 4.74 Å². The van der Waals surface area contributed by atoms with E-state index in [1.807, 2.05) is 71.1 Å². The third kappa shape index (κ3) is 3.82. The molecule has 1 N–H and O–H groups in total. The lowest BCUT2D eigenvalue weighted by molar-refractivity contribution is 0.414. The summed E-state index contributed by atoms with van der Waals surface area (Å²) in [6, 6.07) is 17.8. The molecule has 0 radical (unpaired) electrons. The average molecular weight is 475 g/mol. The van der Waals surface area contributed by atoms with Crippen LogP contribution in [0.25, 0.3) is 39.4 Å². The Bertz CT molecular complexity index is 1660. The number of methoxy groups -OCH3 is 1. The molecular weight excluding hydrogens is 452 g/mol. The molecule has 1 aromatic carbocycles. The molecule has 0 spiro atoms. The normalized spacial score (nSPS) is 11.1. The average Bonchev–Trinajstić information content (AvgIpc) is 3.53. The van der Waals surface area contributed by atoms with Crippen LogP contribution in [0, 0.1) is 0 Å². The van der Waals surface area contributed by atoms with Crippen LogP contribution >= 0.6 is 0 Å². The molecule has 0 fully saturated rings. The molecule has 0 bridgehead atoms. The highest BCUT2D eigenvalue weighted by Gasteiger charge is 2.22. The van der Waals surface area contributed by atoms with Gasteiger partial charge in [-0.1, -0.05) is 36.4 Å². The first-order valence-electron chi connectivity index (χ1n) is 11.4. The summed E-state index contributed by atoms with van der Waals surface area (Å²) in [7, 11) is 3.54. The van der Waals surface area contributed by atoms with Crippen molar-refractivity contribution in [2.75, 3.05) is 12.4 Å². The minimum atomic E-state index is 0.479. The Morgan fingerprint density at radius 1 is 0.917 bits per heavy atom. The molecule has 0 aliphatic heterocycles. The second-order valence-electron chi connectivity index (χ2n) is 8.17. The van der Waals surface area contributed by atoms with Crippen LogP contribution in [0.5, 0.6) is 5.75 Å². The highest BCUT2D eigenvalue weighted by atomic mass is 16.5. The Kier molecular flexibility index (Phi) is 5.34. The van der Waals surface area contributed by atoms with Crippen LogP contribution in [0.1, 0.15) is 0 Å². The lowest BCUT2D eigenvalue weighted by Gasteiger charge is -2.12. The number of nitrogens with zero attached hydrogens (tertiary/aromatic N) is 7. The van der Waals surface area contributed by atoms with Crippen molar-refractivity contribution in [3.05, 3.63) is 91.8 Å². The molecule has 36 heavy (non-hydrogen) atoms. The second-order valence-corrected chi connectivity index (χ2v) is 8.17. The molecule has 176 valence electrons. The Hall–Kier alpha value is -5.05. The summed E-state index contributed by atoms with van der Waals surface area (Å²) in [5.41, 5.74) is 4.80. The third-order valence-corrected chi connectivity index (χ3v) is 5.90. The van der Waals surface area contributed by atoms with E-state index in [0.717, 1.165) is 27.8 Å². The fourth-order valence-electron chi connectivity index (χ4n) is 4.21. The van der Waals surface area contributed by atoms with Crippen molar-refractivity contribution in [1.29, 1.82) is 0 Å². The molecule has 5 aromatic heterocycles. The summed E-state index contributed by atoms with van der Waals surface area (Å²) >= 11 is 0. The standard InChI is InChI=1S/C27H22N8O/c1-34-14-13-30-27(34)26-32-25(31-22-15-20(36-2)10-12-29-22)24-23(18-7-4-3-5-8-18)21(17-35(24)33-26)19-9-6-11-28-16-19/h3-17H,1-2H3,(H,29,31,32,33). The predicted molar refractivity (Wildman–Crippen MR) is 138 cm³/mol. The second kappa shape index (κ2) is 8.95. The number of nitrogens with one attached hydrogen (secondary N) is 1. The summed E-state index contributed by atoms with van der Waals surface area (Å²) in [5.74, 6) is 3.02. The van der Waals surface area contributed by atoms with E-state index in [0.29, 0.717) is 29.0 Å². The van der Waals surface area contributed by atoms with E-state index in [9.17, 15) is 0 Å². The number of aromatic nitrogens is 7.